The summed E-state index contributed by atoms with van der Waals surface area (Å²) in [4.78, 5) is 25.8. The average Bonchev–Trinajstić information content (AvgIpc) is 3.02. The quantitative estimate of drug-likeness (QED) is 0.639. The van der Waals surface area contributed by atoms with Gasteiger partial charge in [0.1, 0.15) is 5.82 Å². The van der Waals surface area contributed by atoms with Crippen LogP contribution >= 0.6 is 0 Å². The van der Waals surface area contributed by atoms with Crippen molar-refractivity contribution < 1.29 is 27.2 Å². The van der Waals surface area contributed by atoms with Crippen molar-refractivity contribution in [2.75, 3.05) is 18.4 Å². The van der Waals surface area contributed by atoms with Crippen LogP contribution in [0.2, 0.25) is 0 Å². The van der Waals surface area contributed by atoms with E-state index in [1.54, 1.807) is 18.2 Å². The fourth-order valence-corrected chi connectivity index (χ4v) is 2.98. The maximum absolute atomic E-state index is 13.7. The number of carbonyl (C=O) groups excluding carboxylic acids is 2. The van der Waals surface area contributed by atoms with E-state index in [1.807, 2.05) is 0 Å². The van der Waals surface area contributed by atoms with Crippen molar-refractivity contribution in [2.24, 2.45) is 5.92 Å². The van der Waals surface area contributed by atoms with Crippen LogP contribution in [0, 0.1) is 29.2 Å². The lowest BCUT2D eigenvalue weighted by Gasteiger charge is -2.17. The number of halogens is 4. The lowest BCUT2D eigenvalue weighted by atomic mass is 10.1. The standard InChI is InChI=1S/C19H16F4N2O2/c20-13-4-2-1-3-11(13)7-8-25-10-12(9-16(25)26)19(27)24-15-6-5-14(21)17(22)18(15)23/h1-6,12H,7-10H2,(H,24,27). The van der Waals surface area contributed by atoms with Crippen molar-refractivity contribution in [3.8, 4) is 0 Å². The Balaban J connectivity index is 1.60. The molecule has 2 aromatic rings. The molecule has 0 aliphatic carbocycles. The fraction of sp³-hybridized carbons (Fsp3) is 0.263. The second-order valence-corrected chi connectivity index (χ2v) is 6.29. The Morgan fingerprint density at radius 1 is 1.04 bits per heavy atom. The number of carbonyl (C=O) groups is 2. The molecule has 0 spiro atoms. The first-order chi connectivity index (χ1) is 12.9. The van der Waals surface area contributed by atoms with E-state index in [0.717, 1.165) is 6.07 Å². The van der Waals surface area contributed by atoms with Crippen LogP contribution in [0.15, 0.2) is 36.4 Å². The van der Waals surface area contributed by atoms with Crippen molar-refractivity contribution in [2.45, 2.75) is 12.8 Å². The van der Waals surface area contributed by atoms with Gasteiger partial charge < -0.3 is 10.2 Å². The SMILES string of the molecule is O=C(Nc1ccc(F)c(F)c1F)C1CC(=O)N(CCc2ccccc2F)C1. The third-order valence-corrected chi connectivity index (χ3v) is 4.49. The lowest BCUT2D eigenvalue weighted by molar-refractivity contribution is -0.128. The molecular formula is C19H16F4N2O2. The smallest absolute Gasteiger partial charge is 0.229 e. The molecule has 1 saturated heterocycles. The monoisotopic (exact) mass is 380 g/mol. The van der Waals surface area contributed by atoms with Gasteiger partial charge in [-0.05, 0) is 30.2 Å². The molecule has 2 amide bonds. The number of amides is 2. The second kappa shape index (κ2) is 7.77. The van der Waals surface area contributed by atoms with Gasteiger partial charge in [-0.2, -0.15) is 0 Å². The Bertz CT molecular complexity index is 888. The first-order valence-corrected chi connectivity index (χ1v) is 8.32. The third-order valence-electron chi connectivity index (χ3n) is 4.49. The van der Waals surface area contributed by atoms with Crippen molar-refractivity contribution in [3.63, 3.8) is 0 Å². The molecule has 1 N–H and O–H groups in total. The van der Waals surface area contributed by atoms with E-state index in [2.05, 4.69) is 5.32 Å². The molecule has 1 fully saturated rings. The molecule has 4 nitrogen and oxygen atoms in total. The molecule has 1 heterocycles. The number of nitrogens with one attached hydrogen (secondary N) is 1. The van der Waals surface area contributed by atoms with Gasteiger partial charge in [-0.1, -0.05) is 18.2 Å². The minimum absolute atomic E-state index is 0.0877. The zero-order valence-electron chi connectivity index (χ0n) is 14.1. The van der Waals surface area contributed by atoms with Gasteiger partial charge in [0.05, 0.1) is 11.6 Å². The normalized spacial score (nSPS) is 16.7. The molecule has 1 aliphatic rings. The van der Waals surface area contributed by atoms with E-state index in [-0.39, 0.29) is 31.2 Å². The van der Waals surface area contributed by atoms with Crippen LogP contribution in [0.1, 0.15) is 12.0 Å². The van der Waals surface area contributed by atoms with E-state index >= 15 is 0 Å². The Hall–Kier alpha value is -2.90. The van der Waals surface area contributed by atoms with Gasteiger partial charge in [0.15, 0.2) is 17.5 Å². The number of benzene rings is 2. The van der Waals surface area contributed by atoms with Crippen LogP contribution in [-0.2, 0) is 16.0 Å². The minimum Gasteiger partial charge on any atom is -0.342 e. The van der Waals surface area contributed by atoms with Gasteiger partial charge in [0.25, 0.3) is 0 Å². The molecular weight excluding hydrogens is 364 g/mol. The van der Waals surface area contributed by atoms with E-state index in [9.17, 15) is 27.2 Å². The van der Waals surface area contributed by atoms with Crippen LogP contribution in [0.25, 0.3) is 0 Å². The van der Waals surface area contributed by atoms with Crippen molar-refractivity contribution in [1.29, 1.82) is 0 Å². The molecule has 2 aromatic carbocycles. The van der Waals surface area contributed by atoms with Gasteiger partial charge >= 0.3 is 0 Å². The fourth-order valence-electron chi connectivity index (χ4n) is 2.98. The lowest BCUT2D eigenvalue weighted by Crippen LogP contribution is -2.30. The highest BCUT2D eigenvalue weighted by Gasteiger charge is 2.34. The number of hydrogen-bond donors (Lipinski definition) is 1. The van der Waals surface area contributed by atoms with Gasteiger partial charge in [0, 0.05) is 19.5 Å². The summed E-state index contributed by atoms with van der Waals surface area (Å²) < 4.78 is 53.5. The molecule has 0 bridgehead atoms. The van der Waals surface area contributed by atoms with E-state index < -0.39 is 35.0 Å². The predicted molar refractivity (Wildman–Crippen MR) is 89.7 cm³/mol. The van der Waals surface area contributed by atoms with Crippen LogP contribution in [0.3, 0.4) is 0 Å². The summed E-state index contributed by atoms with van der Waals surface area (Å²) in [6.45, 7) is 0.327. The number of likely N-dealkylation sites (tertiary alicyclic amines) is 1. The first-order valence-electron chi connectivity index (χ1n) is 8.32. The largest absolute Gasteiger partial charge is 0.342 e. The summed E-state index contributed by atoms with van der Waals surface area (Å²) in [6.07, 6.45) is 0.207. The summed E-state index contributed by atoms with van der Waals surface area (Å²) in [5.41, 5.74) is -0.0294. The highest BCUT2D eigenvalue weighted by Crippen LogP contribution is 2.23. The minimum atomic E-state index is -1.68. The van der Waals surface area contributed by atoms with Crippen molar-refractivity contribution >= 4 is 17.5 Å². The van der Waals surface area contributed by atoms with E-state index in [4.69, 9.17) is 0 Å². The highest BCUT2D eigenvalue weighted by molar-refractivity contribution is 5.97. The first kappa shape index (κ1) is 18.9. The van der Waals surface area contributed by atoms with Gasteiger partial charge in [0.2, 0.25) is 11.8 Å². The maximum atomic E-state index is 13.7. The Labute approximate surface area is 152 Å². The third kappa shape index (κ3) is 4.10. The molecule has 1 atom stereocenters. The molecule has 27 heavy (non-hydrogen) atoms. The molecule has 0 aromatic heterocycles. The highest BCUT2D eigenvalue weighted by atomic mass is 19.2. The van der Waals surface area contributed by atoms with Gasteiger partial charge in [-0.25, -0.2) is 17.6 Å². The van der Waals surface area contributed by atoms with Crippen molar-refractivity contribution in [3.05, 3.63) is 65.2 Å². The Morgan fingerprint density at radius 3 is 2.52 bits per heavy atom. The Morgan fingerprint density at radius 2 is 1.78 bits per heavy atom. The van der Waals surface area contributed by atoms with Crippen LogP contribution in [0.5, 0.6) is 0 Å². The summed E-state index contributed by atoms with van der Waals surface area (Å²) in [5.74, 6) is -6.61. The molecule has 3 rings (SSSR count). The number of anilines is 1. The maximum Gasteiger partial charge on any atom is 0.229 e. The van der Waals surface area contributed by atoms with Crippen molar-refractivity contribution in [1.82, 2.24) is 4.90 Å². The van der Waals surface area contributed by atoms with E-state index in [0.29, 0.717) is 18.1 Å². The topological polar surface area (TPSA) is 49.4 Å². The average molecular weight is 380 g/mol. The number of nitrogens with zero attached hydrogens (tertiary/aromatic N) is 1. The van der Waals surface area contributed by atoms with Gasteiger partial charge in [-0.15, -0.1) is 0 Å². The van der Waals surface area contributed by atoms with E-state index in [1.165, 1.54) is 11.0 Å². The zero-order chi connectivity index (χ0) is 19.6. The second-order valence-electron chi connectivity index (χ2n) is 6.29. The molecule has 142 valence electrons. The molecule has 1 aliphatic heterocycles. The van der Waals surface area contributed by atoms with Crippen LogP contribution < -0.4 is 5.32 Å². The molecule has 8 heteroatoms. The summed E-state index contributed by atoms with van der Waals surface area (Å²) in [5, 5.41) is 2.18. The van der Waals surface area contributed by atoms with Crippen LogP contribution in [0.4, 0.5) is 23.2 Å². The molecule has 1 unspecified atom stereocenters. The summed E-state index contributed by atoms with van der Waals surface area (Å²) in [6, 6.07) is 7.82. The van der Waals surface area contributed by atoms with Gasteiger partial charge in [-0.3, -0.25) is 9.59 Å². The molecule has 0 radical (unpaired) electrons. The molecule has 0 saturated carbocycles. The Kier molecular flexibility index (Phi) is 5.43. The number of hydrogen-bond acceptors (Lipinski definition) is 2. The predicted octanol–water partition coefficient (Wildman–Crippen LogP) is 3.27. The van der Waals surface area contributed by atoms with Crippen LogP contribution in [-0.4, -0.2) is 29.8 Å². The number of rotatable bonds is 5. The summed E-state index contributed by atoms with van der Waals surface area (Å²) >= 11 is 0. The zero-order valence-corrected chi connectivity index (χ0v) is 14.1. The summed E-state index contributed by atoms with van der Waals surface area (Å²) in [7, 11) is 0.